The summed E-state index contributed by atoms with van der Waals surface area (Å²) < 4.78 is 26.8. The van der Waals surface area contributed by atoms with E-state index in [1.165, 1.54) is 17.4 Å². The smallest absolute Gasteiger partial charge is 0.242 e. The van der Waals surface area contributed by atoms with Gasteiger partial charge >= 0.3 is 0 Å². The van der Waals surface area contributed by atoms with Crippen molar-refractivity contribution in [1.29, 1.82) is 0 Å². The molecule has 0 aliphatic carbocycles. The quantitative estimate of drug-likeness (QED) is 0.870. The normalized spacial score (nSPS) is 13.4. The van der Waals surface area contributed by atoms with Crippen molar-refractivity contribution >= 4 is 44.6 Å². The maximum atomic E-state index is 12.1. The summed E-state index contributed by atoms with van der Waals surface area (Å²) in [6.45, 7) is 1.71. The Balaban J connectivity index is 2.25. The van der Waals surface area contributed by atoms with Crippen LogP contribution in [-0.4, -0.2) is 18.4 Å². The predicted molar refractivity (Wildman–Crippen MR) is 75.1 cm³/mol. The molecular weight excluding hydrogens is 329 g/mol. The lowest BCUT2D eigenvalue weighted by Gasteiger charge is -2.12. The van der Waals surface area contributed by atoms with Crippen molar-refractivity contribution in [3.05, 3.63) is 39.0 Å². The van der Waals surface area contributed by atoms with Crippen molar-refractivity contribution in [2.75, 3.05) is 0 Å². The van der Waals surface area contributed by atoms with Gasteiger partial charge in [0, 0.05) is 17.8 Å². The van der Waals surface area contributed by atoms with Crippen molar-refractivity contribution < 1.29 is 8.42 Å². The number of aromatic nitrogens is 2. The van der Waals surface area contributed by atoms with Gasteiger partial charge in [-0.25, -0.2) is 23.1 Å². The molecule has 2 heterocycles. The minimum Gasteiger partial charge on any atom is -0.248 e. The van der Waals surface area contributed by atoms with Gasteiger partial charge in [-0.15, -0.1) is 11.3 Å². The standard InChI is InChI=1S/C10H9Cl2N3O2S2/c1-6(10-13-2-3-18-10)15-19(16,17)7-4-8(11)9(12)14-5-7/h2-6,15H,1H3. The molecule has 2 aromatic rings. The highest BCUT2D eigenvalue weighted by atomic mass is 35.5. The summed E-state index contributed by atoms with van der Waals surface area (Å²) in [6, 6.07) is 0.827. The Bertz CT molecular complexity index is 674. The zero-order valence-corrected chi connectivity index (χ0v) is 12.8. The van der Waals surface area contributed by atoms with Crippen LogP contribution in [0.4, 0.5) is 0 Å². The number of hydrogen-bond acceptors (Lipinski definition) is 5. The van der Waals surface area contributed by atoms with Gasteiger partial charge in [0.25, 0.3) is 0 Å². The second kappa shape index (κ2) is 5.72. The Kier molecular flexibility index (Phi) is 4.42. The van der Waals surface area contributed by atoms with Crippen LogP contribution in [0.2, 0.25) is 10.2 Å². The molecule has 2 aromatic heterocycles. The fraction of sp³-hybridized carbons (Fsp3) is 0.200. The molecule has 1 atom stereocenters. The number of pyridine rings is 1. The highest BCUT2D eigenvalue weighted by molar-refractivity contribution is 7.89. The lowest BCUT2D eigenvalue weighted by molar-refractivity contribution is 0.566. The molecule has 0 amide bonds. The van der Waals surface area contributed by atoms with Gasteiger partial charge in [-0.1, -0.05) is 23.2 Å². The third-order valence-electron chi connectivity index (χ3n) is 2.24. The number of nitrogens with zero attached hydrogens (tertiary/aromatic N) is 2. The third-order valence-corrected chi connectivity index (χ3v) is 5.39. The molecule has 0 aliphatic rings. The molecule has 0 bridgehead atoms. The van der Waals surface area contributed by atoms with Gasteiger partial charge in [0.1, 0.15) is 15.1 Å². The van der Waals surface area contributed by atoms with Gasteiger partial charge in [0.15, 0.2) is 0 Å². The molecule has 1 N–H and O–H groups in total. The Morgan fingerprint density at radius 3 is 2.68 bits per heavy atom. The van der Waals surface area contributed by atoms with Crippen LogP contribution in [-0.2, 0) is 10.0 Å². The van der Waals surface area contributed by atoms with Gasteiger partial charge in [0.05, 0.1) is 11.1 Å². The highest BCUT2D eigenvalue weighted by Gasteiger charge is 2.21. The van der Waals surface area contributed by atoms with Crippen LogP contribution in [0.5, 0.6) is 0 Å². The Labute approximate surface area is 124 Å². The fourth-order valence-electron chi connectivity index (χ4n) is 1.35. The van der Waals surface area contributed by atoms with E-state index in [1.807, 2.05) is 0 Å². The summed E-state index contributed by atoms with van der Waals surface area (Å²) in [4.78, 5) is 7.73. The monoisotopic (exact) mass is 337 g/mol. The molecule has 0 aromatic carbocycles. The lowest BCUT2D eigenvalue weighted by atomic mass is 10.4. The molecule has 0 fully saturated rings. The third kappa shape index (κ3) is 3.43. The van der Waals surface area contributed by atoms with Crippen molar-refractivity contribution in [1.82, 2.24) is 14.7 Å². The number of hydrogen-bond donors (Lipinski definition) is 1. The fourth-order valence-corrected chi connectivity index (χ4v) is 3.58. The minimum atomic E-state index is -3.71. The van der Waals surface area contributed by atoms with Crippen LogP contribution < -0.4 is 4.72 Å². The van der Waals surface area contributed by atoms with Crippen LogP contribution in [0.25, 0.3) is 0 Å². The second-order valence-corrected chi connectivity index (χ2v) is 7.06. The topological polar surface area (TPSA) is 72.0 Å². The summed E-state index contributed by atoms with van der Waals surface area (Å²) in [5, 5.41) is 2.61. The maximum Gasteiger partial charge on any atom is 0.242 e. The van der Waals surface area contributed by atoms with E-state index in [2.05, 4.69) is 14.7 Å². The van der Waals surface area contributed by atoms with Crippen molar-refractivity contribution in [2.45, 2.75) is 17.9 Å². The first-order chi connectivity index (χ1) is 8.90. The van der Waals surface area contributed by atoms with E-state index in [9.17, 15) is 8.42 Å². The first kappa shape index (κ1) is 14.7. The number of nitrogens with one attached hydrogen (secondary N) is 1. The summed E-state index contributed by atoms with van der Waals surface area (Å²) in [7, 11) is -3.71. The number of halogens is 2. The molecule has 0 spiro atoms. The van der Waals surface area contributed by atoms with Crippen molar-refractivity contribution in [3.8, 4) is 0 Å². The van der Waals surface area contributed by atoms with Crippen LogP contribution in [0, 0.1) is 0 Å². The maximum absolute atomic E-state index is 12.1. The molecule has 0 saturated heterocycles. The first-order valence-corrected chi connectivity index (χ1v) is 8.25. The Morgan fingerprint density at radius 1 is 1.37 bits per heavy atom. The van der Waals surface area contributed by atoms with E-state index >= 15 is 0 Å². The first-order valence-electron chi connectivity index (χ1n) is 5.13. The molecule has 19 heavy (non-hydrogen) atoms. The largest absolute Gasteiger partial charge is 0.248 e. The predicted octanol–water partition coefficient (Wildman–Crippen LogP) is 2.88. The molecule has 2 rings (SSSR count). The van der Waals surface area contributed by atoms with Gasteiger partial charge < -0.3 is 0 Å². The van der Waals surface area contributed by atoms with E-state index in [0.29, 0.717) is 5.01 Å². The molecule has 102 valence electrons. The zero-order chi connectivity index (χ0) is 14.0. The molecule has 9 heteroatoms. The van der Waals surface area contributed by atoms with E-state index in [4.69, 9.17) is 23.2 Å². The Hall–Kier alpha value is -0.730. The van der Waals surface area contributed by atoms with E-state index in [0.717, 1.165) is 6.20 Å². The molecule has 5 nitrogen and oxygen atoms in total. The summed E-state index contributed by atoms with van der Waals surface area (Å²) >= 11 is 12.8. The Morgan fingerprint density at radius 2 is 2.11 bits per heavy atom. The summed E-state index contributed by atoms with van der Waals surface area (Å²) in [5.74, 6) is 0. The van der Waals surface area contributed by atoms with E-state index in [1.54, 1.807) is 18.5 Å². The van der Waals surface area contributed by atoms with Gasteiger partial charge in [0.2, 0.25) is 10.0 Å². The van der Waals surface area contributed by atoms with Crippen LogP contribution >= 0.6 is 34.5 Å². The summed E-state index contributed by atoms with van der Waals surface area (Å²) in [5.41, 5.74) is 0. The van der Waals surface area contributed by atoms with Crippen molar-refractivity contribution in [2.24, 2.45) is 0 Å². The summed E-state index contributed by atoms with van der Waals surface area (Å²) in [6.07, 6.45) is 2.77. The average molecular weight is 338 g/mol. The van der Waals surface area contributed by atoms with E-state index in [-0.39, 0.29) is 15.1 Å². The molecule has 1 unspecified atom stereocenters. The van der Waals surface area contributed by atoms with Crippen LogP contribution in [0.3, 0.4) is 0 Å². The molecular formula is C10H9Cl2N3O2S2. The second-order valence-electron chi connectivity index (χ2n) is 3.66. The van der Waals surface area contributed by atoms with Gasteiger partial charge in [-0.2, -0.15) is 0 Å². The van der Waals surface area contributed by atoms with Crippen LogP contribution in [0.1, 0.15) is 18.0 Å². The zero-order valence-electron chi connectivity index (χ0n) is 9.67. The van der Waals surface area contributed by atoms with Crippen LogP contribution in [0.15, 0.2) is 28.7 Å². The SMILES string of the molecule is CC(NS(=O)(=O)c1cnc(Cl)c(Cl)c1)c1nccs1. The molecule has 0 aliphatic heterocycles. The molecule has 0 radical (unpaired) electrons. The molecule has 0 saturated carbocycles. The minimum absolute atomic E-state index is 0.0368. The van der Waals surface area contributed by atoms with Gasteiger partial charge in [-0.3, -0.25) is 0 Å². The lowest BCUT2D eigenvalue weighted by Crippen LogP contribution is -2.27. The van der Waals surface area contributed by atoms with E-state index < -0.39 is 16.1 Å². The van der Waals surface area contributed by atoms with Gasteiger partial charge in [-0.05, 0) is 13.0 Å². The number of sulfonamides is 1. The average Bonchev–Trinajstić information content (AvgIpc) is 2.85. The number of thiazole rings is 1. The highest BCUT2D eigenvalue weighted by Crippen LogP contribution is 2.23. The number of rotatable bonds is 4. The van der Waals surface area contributed by atoms with Crippen molar-refractivity contribution in [3.63, 3.8) is 0 Å².